The van der Waals surface area contributed by atoms with E-state index in [0.717, 1.165) is 6.42 Å². The Balaban J connectivity index is 0.955. The molecule has 4 aliphatic heterocycles. The Labute approximate surface area is 447 Å². The molecule has 0 amide bonds. The fourth-order valence-electron chi connectivity index (χ4n) is 16.4. The van der Waals surface area contributed by atoms with Gasteiger partial charge in [-0.15, -0.1) is 0 Å². The molecular weight excluding hydrogens is 1020 g/mol. The van der Waals surface area contributed by atoms with Crippen LogP contribution in [0.2, 0.25) is 0 Å². The minimum absolute atomic E-state index is 0.0901. The van der Waals surface area contributed by atoms with Gasteiger partial charge < -0.3 is 114 Å². The van der Waals surface area contributed by atoms with Gasteiger partial charge in [0.15, 0.2) is 31.3 Å². The van der Waals surface area contributed by atoms with E-state index in [-0.39, 0.29) is 41.8 Å². The predicted octanol–water partition coefficient (Wildman–Crippen LogP) is -2.89. The summed E-state index contributed by atoms with van der Waals surface area (Å²) in [5.74, 6) is -1.79. The molecular formula is C53H86O24. The van der Waals surface area contributed by atoms with Gasteiger partial charge in [0.25, 0.3) is 0 Å². The lowest BCUT2D eigenvalue weighted by molar-refractivity contribution is -0.375. The van der Waals surface area contributed by atoms with Gasteiger partial charge in [-0.05, 0) is 90.8 Å². The monoisotopic (exact) mass is 1110 g/mol. The summed E-state index contributed by atoms with van der Waals surface area (Å²) in [7, 11) is 0. The van der Waals surface area contributed by atoms with Gasteiger partial charge in [-0.1, -0.05) is 60.1 Å². The molecule has 0 aromatic heterocycles. The Bertz CT molecular complexity index is 2130. The lowest BCUT2D eigenvalue weighted by Gasteiger charge is -2.72. The van der Waals surface area contributed by atoms with Crippen LogP contribution in [-0.4, -0.2) is 244 Å². The Kier molecular flexibility index (Phi) is 16.7. The lowest BCUT2D eigenvalue weighted by atomic mass is 9.33. The van der Waals surface area contributed by atoms with Crippen LogP contribution >= 0.6 is 0 Å². The van der Waals surface area contributed by atoms with E-state index in [2.05, 4.69) is 33.8 Å². The quantitative estimate of drug-likeness (QED) is 0.0689. The standard InChI is InChI=1S/C53H86O24/c1-48(2)16-22-21-8-9-27-50(4)12-11-28(73-47-40(34(63)33(62)39(75-47)43(68)69)76-46-36(65)32(61)30(59)25(18-55)72-46)51(5,20-56)26(50)10-13-53(27,7)52(21,6)15-14-49(22,3)42(41(48)67)77-44-37(66)38(23(57)19-70-44)74-45-35(64)31(60)29(58)24(17-54)71-45/h8,22-42,44-47,54-67H,9-20H2,1-7H3,(H,68,69)/t22-,23?,24?,25?,26?,27?,28-,29?,30?,31?,32?,33?,34?,35?,36?,37?,38?,39?,40?,41-,42+,44?,45?,46?,47?,49+,50-,51+,52?,53+/m1/s1. The molecule has 24 heteroatoms. The van der Waals surface area contributed by atoms with Crippen LogP contribution in [0, 0.1) is 50.2 Å². The molecule has 4 heterocycles. The van der Waals surface area contributed by atoms with Gasteiger partial charge in [0.2, 0.25) is 0 Å². The Morgan fingerprint density at radius 2 is 1.19 bits per heavy atom. The van der Waals surface area contributed by atoms with Gasteiger partial charge in [0.05, 0.1) is 44.7 Å². The molecule has 9 rings (SSSR count). The molecule has 77 heavy (non-hydrogen) atoms. The Hall–Kier alpha value is -1.67. The predicted molar refractivity (Wildman–Crippen MR) is 260 cm³/mol. The van der Waals surface area contributed by atoms with E-state index in [4.69, 9.17) is 37.9 Å². The highest BCUT2D eigenvalue weighted by atomic mass is 16.8. The van der Waals surface area contributed by atoms with E-state index < -0.39 is 176 Å². The fourth-order valence-corrected chi connectivity index (χ4v) is 16.4. The van der Waals surface area contributed by atoms with E-state index in [1.165, 1.54) is 5.57 Å². The van der Waals surface area contributed by atoms with Gasteiger partial charge in [-0.3, -0.25) is 0 Å². The number of hydrogen-bond donors (Lipinski definition) is 15. The molecule has 5 aliphatic carbocycles. The summed E-state index contributed by atoms with van der Waals surface area (Å²) in [6, 6.07) is 0. The molecule has 0 bridgehead atoms. The highest BCUT2D eigenvalue weighted by Crippen LogP contribution is 2.76. The van der Waals surface area contributed by atoms with Crippen LogP contribution in [-0.2, 0) is 42.7 Å². The number of carboxylic acids is 1. The topological polar surface area (TPSA) is 394 Å². The number of allylic oxidation sites excluding steroid dienone is 2. The van der Waals surface area contributed by atoms with Crippen molar-refractivity contribution in [2.45, 2.75) is 235 Å². The van der Waals surface area contributed by atoms with Crippen LogP contribution in [0.4, 0.5) is 0 Å². The number of aliphatic hydroxyl groups excluding tert-OH is 14. The second kappa shape index (κ2) is 21.5. The largest absolute Gasteiger partial charge is 0.479 e. The molecule has 0 aromatic carbocycles. The van der Waals surface area contributed by atoms with E-state index in [0.29, 0.717) is 44.9 Å². The van der Waals surface area contributed by atoms with Crippen molar-refractivity contribution in [1.82, 2.24) is 0 Å². The van der Waals surface area contributed by atoms with E-state index in [1.54, 1.807) is 0 Å². The second-order valence-electron chi connectivity index (χ2n) is 26.0. The maximum absolute atomic E-state index is 12.4. The molecule has 0 spiro atoms. The van der Waals surface area contributed by atoms with Crippen molar-refractivity contribution in [2.75, 3.05) is 26.4 Å². The number of rotatable bonds is 12. The first-order chi connectivity index (χ1) is 36.0. The average Bonchev–Trinajstić information content (AvgIpc) is 3.45. The van der Waals surface area contributed by atoms with Crippen molar-refractivity contribution in [3.8, 4) is 0 Å². The van der Waals surface area contributed by atoms with Gasteiger partial charge >= 0.3 is 5.97 Å². The zero-order valence-corrected chi connectivity index (χ0v) is 44.9. The third-order valence-corrected chi connectivity index (χ3v) is 21.5. The van der Waals surface area contributed by atoms with Crippen LogP contribution < -0.4 is 0 Å². The zero-order valence-electron chi connectivity index (χ0n) is 44.9. The number of aliphatic hydroxyl groups is 14. The van der Waals surface area contributed by atoms with Crippen molar-refractivity contribution in [2.24, 2.45) is 50.2 Å². The molecule has 0 aromatic rings. The van der Waals surface area contributed by atoms with Gasteiger partial charge in [-0.2, -0.15) is 0 Å². The van der Waals surface area contributed by atoms with Gasteiger partial charge in [-0.25, -0.2) is 4.79 Å². The maximum Gasteiger partial charge on any atom is 0.335 e. The van der Waals surface area contributed by atoms with Crippen LogP contribution in [0.15, 0.2) is 11.6 Å². The normalized spacial score (nSPS) is 55.7. The zero-order chi connectivity index (χ0) is 56.4. The number of hydrogen-bond acceptors (Lipinski definition) is 23. The number of aliphatic carboxylic acids is 1. The molecule has 8 fully saturated rings. The van der Waals surface area contributed by atoms with Crippen LogP contribution in [0.5, 0.6) is 0 Å². The molecule has 0 radical (unpaired) electrons. The fraction of sp³-hybridized carbons (Fsp3) is 0.943. The summed E-state index contributed by atoms with van der Waals surface area (Å²) in [6.45, 7) is 12.8. The van der Waals surface area contributed by atoms with E-state index >= 15 is 0 Å². The minimum atomic E-state index is -2.04. The first-order valence-corrected chi connectivity index (χ1v) is 27.4. The molecule has 30 atom stereocenters. The van der Waals surface area contributed by atoms with Crippen LogP contribution in [0.1, 0.15) is 99.8 Å². The molecule has 442 valence electrons. The highest BCUT2D eigenvalue weighted by Gasteiger charge is 2.71. The Morgan fingerprint density at radius 1 is 0.597 bits per heavy atom. The summed E-state index contributed by atoms with van der Waals surface area (Å²) in [6.07, 6.45) is -27.7. The average molecular weight is 1110 g/mol. The highest BCUT2D eigenvalue weighted by molar-refractivity contribution is 5.73. The van der Waals surface area contributed by atoms with E-state index in [9.17, 15) is 81.4 Å². The molecule has 24 nitrogen and oxygen atoms in total. The van der Waals surface area contributed by atoms with Gasteiger partial charge in [0.1, 0.15) is 85.5 Å². The molecule has 15 N–H and O–H groups in total. The third-order valence-electron chi connectivity index (χ3n) is 21.5. The maximum atomic E-state index is 12.4. The van der Waals surface area contributed by atoms with Crippen LogP contribution in [0.3, 0.4) is 0 Å². The first-order valence-electron chi connectivity index (χ1n) is 27.4. The van der Waals surface area contributed by atoms with Crippen molar-refractivity contribution in [3.05, 3.63) is 11.6 Å². The van der Waals surface area contributed by atoms with Crippen LogP contribution in [0.25, 0.3) is 0 Å². The van der Waals surface area contributed by atoms with Crippen molar-refractivity contribution >= 4 is 5.97 Å². The Morgan fingerprint density at radius 3 is 1.77 bits per heavy atom. The number of fused-ring (bicyclic) bond motifs is 7. The summed E-state index contributed by atoms with van der Waals surface area (Å²) < 4.78 is 48.0. The van der Waals surface area contributed by atoms with Gasteiger partial charge in [0, 0.05) is 10.8 Å². The molecule has 4 saturated carbocycles. The number of ether oxygens (including phenoxy) is 8. The third kappa shape index (κ3) is 9.50. The van der Waals surface area contributed by atoms with E-state index in [1.807, 2.05) is 20.8 Å². The summed E-state index contributed by atoms with van der Waals surface area (Å²) in [5.41, 5.74) is -2.17. The first kappa shape index (κ1) is 59.9. The second-order valence-corrected chi connectivity index (χ2v) is 26.0. The smallest absolute Gasteiger partial charge is 0.335 e. The van der Waals surface area contributed by atoms with Crippen molar-refractivity contribution < 1.29 is 119 Å². The minimum Gasteiger partial charge on any atom is -0.479 e. The SMILES string of the molecule is CC1(C)C[C@@H]2C3=CCC4[C@]5(C)CC[C@@H](OC6OC(C(=O)O)C(O)C(O)C6OC6OC(CO)C(O)C(O)C6O)[C@@](C)(CO)C5CC[C@]4(C)C3(C)CC[C@]2(C)[C@@H](OC2OCC(O)C(OC3OC(CO)C(O)C(O)C3O)C2O)[C@H]1O. The molecule has 4 saturated heterocycles. The molecule has 9 aliphatic rings. The van der Waals surface area contributed by atoms with Crippen molar-refractivity contribution in [1.29, 1.82) is 0 Å². The summed E-state index contributed by atoms with van der Waals surface area (Å²) in [5, 5.41) is 162. The summed E-state index contributed by atoms with van der Waals surface area (Å²) >= 11 is 0. The van der Waals surface area contributed by atoms with Crippen molar-refractivity contribution in [3.63, 3.8) is 0 Å². The summed E-state index contributed by atoms with van der Waals surface area (Å²) in [4.78, 5) is 12.4. The number of carbonyl (C=O) groups is 1. The number of carboxylic acid groups (broad SMARTS) is 1. The lowest BCUT2D eigenvalue weighted by Crippen LogP contribution is -2.69. The molecule has 22 unspecified atom stereocenters.